The van der Waals surface area contributed by atoms with E-state index in [4.69, 9.17) is 4.74 Å². The van der Waals surface area contributed by atoms with Crippen LogP contribution in [0.3, 0.4) is 0 Å². The Morgan fingerprint density at radius 2 is 1.81 bits per heavy atom. The fourth-order valence-electron chi connectivity index (χ4n) is 2.00. The summed E-state index contributed by atoms with van der Waals surface area (Å²) >= 11 is 0. The van der Waals surface area contributed by atoms with Crippen molar-refractivity contribution in [1.29, 1.82) is 0 Å². The van der Waals surface area contributed by atoms with Gasteiger partial charge in [0.2, 0.25) is 11.8 Å². The highest BCUT2D eigenvalue weighted by molar-refractivity contribution is 5.36. The van der Waals surface area contributed by atoms with E-state index >= 15 is 0 Å². The summed E-state index contributed by atoms with van der Waals surface area (Å²) in [6, 6.07) is 10.0. The Morgan fingerprint density at radius 3 is 2.38 bits per heavy atom. The first-order chi connectivity index (χ1) is 9.94. The first-order valence-corrected chi connectivity index (χ1v) is 7.26. The third-order valence-corrected chi connectivity index (χ3v) is 3.80. The predicted molar refractivity (Wildman–Crippen MR) is 86.1 cm³/mol. The maximum atomic E-state index is 5.81. The van der Waals surface area contributed by atoms with Gasteiger partial charge in [-0.15, -0.1) is 0 Å². The number of nitrogens with one attached hydrogen (secondary N) is 1. The standard InChI is InChI=1S/C17H23N3O/c1-6-17(3,4)13-7-9-14(10-8-13)21-15-11-12(2)19-16(18-5)20-15/h7-11H,6H2,1-5H3,(H,18,19,20). The van der Waals surface area contributed by atoms with E-state index in [0.29, 0.717) is 11.8 Å². The van der Waals surface area contributed by atoms with E-state index < -0.39 is 0 Å². The zero-order valence-corrected chi connectivity index (χ0v) is 13.4. The summed E-state index contributed by atoms with van der Waals surface area (Å²) in [5.74, 6) is 1.90. The summed E-state index contributed by atoms with van der Waals surface area (Å²) < 4.78 is 5.81. The Kier molecular flexibility index (Phi) is 4.46. The molecule has 0 atom stereocenters. The molecule has 0 aliphatic heterocycles. The molecule has 1 N–H and O–H groups in total. The second kappa shape index (κ2) is 6.12. The Hall–Kier alpha value is -2.10. The highest BCUT2D eigenvalue weighted by Crippen LogP contribution is 2.29. The van der Waals surface area contributed by atoms with Gasteiger partial charge in [-0.25, -0.2) is 4.98 Å². The summed E-state index contributed by atoms with van der Waals surface area (Å²) in [6.07, 6.45) is 1.10. The smallest absolute Gasteiger partial charge is 0.225 e. The van der Waals surface area contributed by atoms with Crippen molar-refractivity contribution >= 4 is 5.95 Å². The van der Waals surface area contributed by atoms with Gasteiger partial charge in [-0.1, -0.05) is 32.9 Å². The van der Waals surface area contributed by atoms with Gasteiger partial charge in [0.15, 0.2) is 0 Å². The number of ether oxygens (including phenoxy) is 1. The van der Waals surface area contributed by atoms with Crippen molar-refractivity contribution in [3.8, 4) is 11.6 Å². The molecule has 1 aromatic heterocycles. The third kappa shape index (κ3) is 3.72. The molecule has 0 saturated carbocycles. The first kappa shape index (κ1) is 15.3. The number of hydrogen-bond acceptors (Lipinski definition) is 4. The second-order valence-electron chi connectivity index (χ2n) is 5.79. The normalized spacial score (nSPS) is 11.3. The van der Waals surface area contributed by atoms with Crippen LogP contribution in [0, 0.1) is 6.92 Å². The molecule has 1 heterocycles. The van der Waals surface area contributed by atoms with Crippen LogP contribution in [0.5, 0.6) is 11.6 Å². The van der Waals surface area contributed by atoms with E-state index in [9.17, 15) is 0 Å². The minimum Gasteiger partial charge on any atom is -0.439 e. The van der Waals surface area contributed by atoms with E-state index in [1.165, 1.54) is 5.56 Å². The van der Waals surface area contributed by atoms with Gasteiger partial charge in [-0.3, -0.25) is 0 Å². The summed E-state index contributed by atoms with van der Waals surface area (Å²) in [5.41, 5.74) is 2.36. The van der Waals surface area contributed by atoms with Crippen molar-refractivity contribution in [2.75, 3.05) is 12.4 Å². The topological polar surface area (TPSA) is 47.0 Å². The molecule has 21 heavy (non-hydrogen) atoms. The van der Waals surface area contributed by atoms with Crippen molar-refractivity contribution < 1.29 is 4.74 Å². The Labute approximate surface area is 126 Å². The van der Waals surface area contributed by atoms with Crippen LogP contribution in [0.4, 0.5) is 5.95 Å². The van der Waals surface area contributed by atoms with Crippen LogP contribution in [-0.2, 0) is 5.41 Å². The number of benzene rings is 1. The number of rotatable bonds is 5. The molecular formula is C17H23N3O. The summed E-state index contributed by atoms with van der Waals surface area (Å²) in [7, 11) is 1.79. The molecule has 2 aromatic rings. The lowest BCUT2D eigenvalue weighted by Gasteiger charge is -2.23. The second-order valence-corrected chi connectivity index (χ2v) is 5.79. The zero-order chi connectivity index (χ0) is 15.5. The van der Waals surface area contributed by atoms with E-state index in [0.717, 1.165) is 17.9 Å². The van der Waals surface area contributed by atoms with E-state index in [1.54, 1.807) is 7.05 Å². The van der Waals surface area contributed by atoms with Gasteiger partial charge in [-0.05, 0) is 36.5 Å². The molecule has 0 aliphatic carbocycles. The maximum Gasteiger partial charge on any atom is 0.225 e. The number of aryl methyl sites for hydroxylation is 1. The van der Waals surface area contributed by atoms with E-state index in [-0.39, 0.29) is 5.41 Å². The summed E-state index contributed by atoms with van der Waals surface area (Å²) in [6.45, 7) is 8.61. The Balaban J connectivity index is 2.19. The number of aromatic nitrogens is 2. The lowest BCUT2D eigenvalue weighted by atomic mass is 9.82. The Bertz CT molecular complexity index is 606. The first-order valence-electron chi connectivity index (χ1n) is 7.26. The van der Waals surface area contributed by atoms with Gasteiger partial charge in [0.25, 0.3) is 0 Å². The predicted octanol–water partition coefficient (Wildman–Crippen LogP) is 4.31. The fourth-order valence-corrected chi connectivity index (χ4v) is 2.00. The van der Waals surface area contributed by atoms with Gasteiger partial charge in [0, 0.05) is 18.8 Å². The molecule has 0 unspecified atom stereocenters. The highest BCUT2D eigenvalue weighted by Gasteiger charge is 2.17. The van der Waals surface area contributed by atoms with Crippen molar-refractivity contribution in [3.63, 3.8) is 0 Å². The molecule has 4 heteroatoms. The SMILES string of the molecule is CCC(C)(C)c1ccc(Oc2cc(C)nc(NC)n2)cc1. The molecule has 2 rings (SSSR count). The van der Waals surface area contributed by atoms with Gasteiger partial charge in [0.1, 0.15) is 5.75 Å². The van der Waals surface area contributed by atoms with Crippen LogP contribution in [0.2, 0.25) is 0 Å². The molecule has 0 radical (unpaired) electrons. The zero-order valence-electron chi connectivity index (χ0n) is 13.4. The van der Waals surface area contributed by atoms with Gasteiger partial charge in [0.05, 0.1) is 0 Å². The number of nitrogens with zero attached hydrogens (tertiary/aromatic N) is 2. The van der Waals surface area contributed by atoms with Crippen molar-refractivity contribution in [3.05, 3.63) is 41.6 Å². The van der Waals surface area contributed by atoms with Crippen LogP contribution >= 0.6 is 0 Å². The summed E-state index contributed by atoms with van der Waals surface area (Å²) in [5, 5.41) is 2.93. The average molecular weight is 285 g/mol. The van der Waals surface area contributed by atoms with Crippen LogP contribution in [0.25, 0.3) is 0 Å². The quantitative estimate of drug-likeness (QED) is 0.889. The average Bonchev–Trinajstić information content (AvgIpc) is 2.47. The molecule has 0 saturated heterocycles. The molecule has 0 fully saturated rings. The van der Waals surface area contributed by atoms with Crippen molar-refractivity contribution in [2.45, 2.75) is 39.5 Å². The monoisotopic (exact) mass is 285 g/mol. The molecular weight excluding hydrogens is 262 g/mol. The minimum atomic E-state index is 0.184. The number of anilines is 1. The highest BCUT2D eigenvalue weighted by atomic mass is 16.5. The Morgan fingerprint density at radius 1 is 1.14 bits per heavy atom. The molecule has 1 aromatic carbocycles. The minimum absolute atomic E-state index is 0.184. The molecule has 112 valence electrons. The van der Waals surface area contributed by atoms with Crippen molar-refractivity contribution in [2.24, 2.45) is 0 Å². The fraction of sp³-hybridized carbons (Fsp3) is 0.412. The van der Waals surface area contributed by atoms with Crippen LogP contribution in [0.1, 0.15) is 38.4 Å². The maximum absolute atomic E-state index is 5.81. The lowest BCUT2D eigenvalue weighted by molar-refractivity contribution is 0.459. The lowest BCUT2D eigenvalue weighted by Crippen LogP contribution is -2.14. The van der Waals surface area contributed by atoms with Crippen LogP contribution in [-0.4, -0.2) is 17.0 Å². The molecule has 0 aliphatic rings. The summed E-state index contributed by atoms with van der Waals surface area (Å²) in [4.78, 5) is 8.54. The molecule has 0 spiro atoms. The van der Waals surface area contributed by atoms with Crippen molar-refractivity contribution in [1.82, 2.24) is 9.97 Å². The molecule has 0 amide bonds. The largest absolute Gasteiger partial charge is 0.439 e. The van der Waals surface area contributed by atoms with Gasteiger partial charge < -0.3 is 10.1 Å². The van der Waals surface area contributed by atoms with E-state index in [1.807, 2.05) is 25.1 Å². The molecule has 0 bridgehead atoms. The van der Waals surface area contributed by atoms with Crippen LogP contribution in [0.15, 0.2) is 30.3 Å². The van der Waals surface area contributed by atoms with Gasteiger partial charge in [-0.2, -0.15) is 4.98 Å². The van der Waals surface area contributed by atoms with Crippen LogP contribution < -0.4 is 10.1 Å². The third-order valence-electron chi connectivity index (χ3n) is 3.80. The molecule has 4 nitrogen and oxygen atoms in total. The van der Waals surface area contributed by atoms with E-state index in [2.05, 4.69) is 48.2 Å². The number of hydrogen-bond donors (Lipinski definition) is 1. The van der Waals surface area contributed by atoms with Gasteiger partial charge >= 0.3 is 0 Å².